The lowest BCUT2D eigenvalue weighted by Crippen LogP contribution is -2.18. The maximum atomic E-state index is 13.8. The molecule has 1 heterocycles. The van der Waals surface area contributed by atoms with Crippen molar-refractivity contribution in [3.63, 3.8) is 0 Å². The topological polar surface area (TPSA) is 24.9 Å². The van der Waals surface area contributed by atoms with Crippen molar-refractivity contribution in [2.24, 2.45) is 5.92 Å². The summed E-state index contributed by atoms with van der Waals surface area (Å²) in [6, 6.07) is 4.68. The number of nitrogens with zero attached hydrogens (tertiary/aromatic N) is 1. The molecular formula is C14H16ClFN2S. The monoisotopic (exact) mass is 298 g/mol. The van der Waals surface area contributed by atoms with Crippen LogP contribution in [0.4, 0.5) is 4.39 Å². The van der Waals surface area contributed by atoms with Gasteiger partial charge in [-0.2, -0.15) is 0 Å². The van der Waals surface area contributed by atoms with Gasteiger partial charge in [0.1, 0.15) is 10.8 Å². The van der Waals surface area contributed by atoms with Crippen LogP contribution in [0.15, 0.2) is 24.4 Å². The highest BCUT2D eigenvalue weighted by atomic mass is 35.5. The van der Waals surface area contributed by atoms with E-state index in [4.69, 9.17) is 11.6 Å². The molecule has 0 atom stereocenters. The molecule has 102 valence electrons. The summed E-state index contributed by atoms with van der Waals surface area (Å²) in [5.74, 6) is 0.275. The first-order valence-corrected chi connectivity index (χ1v) is 7.37. The minimum absolute atomic E-state index is 0.330. The smallest absolute Gasteiger partial charge is 0.134 e. The molecule has 0 aliphatic heterocycles. The Balaban J connectivity index is 2.12. The van der Waals surface area contributed by atoms with E-state index in [1.165, 1.54) is 17.4 Å². The van der Waals surface area contributed by atoms with Crippen LogP contribution in [-0.4, -0.2) is 11.5 Å². The minimum Gasteiger partial charge on any atom is -0.312 e. The van der Waals surface area contributed by atoms with E-state index in [-0.39, 0.29) is 5.82 Å². The maximum Gasteiger partial charge on any atom is 0.134 e. The fraction of sp³-hybridized carbons (Fsp3) is 0.357. The van der Waals surface area contributed by atoms with Gasteiger partial charge in [0.2, 0.25) is 0 Å². The van der Waals surface area contributed by atoms with E-state index >= 15 is 0 Å². The highest BCUT2D eigenvalue weighted by Crippen LogP contribution is 2.33. The molecule has 1 aromatic carbocycles. The first-order chi connectivity index (χ1) is 9.08. The van der Waals surface area contributed by atoms with E-state index in [1.807, 2.05) is 0 Å². The minimum atomic E-state index is -0.330. The van der Waals surface area contributed by atoms with Crippen LogP contribution in [0.25, 0.3) is 10.6 Å². The Hall–Kier alpha value is -0.970. The molecule has 2 rings (SSSR count). The van der Waals surface area contributed by atoms with Gasteiger partial charge in [0, 0.05) is 17.6 Å². The maximum absolute atomic E-state index is 13.8. The standard InChI is InChI=1S/C14H16ClFN2S/c1-9(2)6-17-7-10-8-18-14(19-10)13-11(15)4-3-5-12(13)16/h3-5,8-9,17H,6-7H2,1-2H3. The van der Waals surface area contributed by atoms with Gasteiger partial charge < -0.3 is 5.32 Å². The molecule has 0 fully saturated rings. The van der Waals surface area contributed by atoms with Crippen molar-refractivity contribution in [2.45, 2.75) is 20.4 Å². The SMILES string of the molecule is CC(C)CNCc1cnc(-c2c(F)cccc2Cl)s1. The summed E-state index contributed by atoms with van der Waals surface area (Å²) in [6.07, 6.45) is 1.77. The predicted molar refractivity (Wildman–Crippen MR) is 79.1 cm³/mol. The Kier molecular flexibility index (Phi) is 4.91. The van der Waals surface area contributed by atoms with E-state index in [2.05, 4.69) is 24.1 Å². The lowest BCUT2D eigenvalue weighted by molar-refractivity contribution is 0.554. The first-order valence-electron chi connectivity index (χ1n) is 6.17. The third kappa shape index (κ3) is 3.75. The number of nitrogens with one attached hydrogen (secondary N) is 1. The van der Waals surface area contributed by atoms with Gasteiger partial charge >= 0.3 is 0 Å². The van der Waals surface area contributed by atoms with Gasteiger partial charge in [-0.3, -0.25) is 0 Å². The van der Waals surface area contributed by atoms with Crippen molar-refractivity contribution < 1.29 is 4.39 Å². The van der Waals surface area contributed by atoms with Crippen LogP contribution in [-0.2, 0) is 6.54 Å². The van der Waals surface area contributed by atoms with E-state index < -0.39 is 0 Å². The second-order valence-corrected chi connectivity index (χ2v) is 6.28. The molecule has 1 aromatic heterocycles. The van der Waals surface area contributed by atoms with Gasteiger partial charge in [-0.25, -0.2) is 9.37 Å². The van der Waals surface area contributed by atoms with Crippen LogP contribution in [0.3, 0.4) is 0 Å². The van der Waals surface area contributed by atoms with Crippen molar-refractivity contribution >= 4 is 22.9 Å². The molecule has 0 spiro atoms. The van der Waals surface area contributed by atoms with E-state index in [0.717, 1.165) is 18.0 Å². The molecule has 5 heteroatoms. The number of hydrogen-bond donors (Lipinski definition) is 1. The number of halogens is 2. The van der Waals surface area contributed by atoms with Crippen molar-refractivity contribution in [3.8, 4) is 10.6 Å². The van der Waals surface area contributed by atoms with Gasteiger partial charge in [0.05, 0.1) is 10.6 Å². The Bertz CT molecular complexity index is 534. The number of thiazole rings is 1. The molecule has 1 N–H and O–H groups in total. The molecule has 0 bridgehead atoms. The van der Waals surface area contributed by atoms with Gasteiger partial charge in [-0.15, -0.1) is 11.3 Å². The molecule has 0 aliphatic carbocycles. The quantitative estimate of drug-likeness (QED) is 0.888. The van der Waals surface area contributed by atoms with Gasteiger partial charge in [-0.1, -0.05) is 31.5 Å². The van der Waals surface area contributed by atoms with Crippen LogP contribution < -0.4 is 5.32 Å². The van der Waals surface area contributed by atoms with E-state index in [1.54, 1.807) is 18.3 Å². The van der Waals surface area contributed by atoms with Crippen LogP contribution in [0.5, 0.6) is 0 Å². The average Bonchev–Trinajstić information content (AvgIpc) is 2.77. The zero-order valence-corrected chi connectivity index (χ0v) is 12.5. The van der Waals surface area contributed by atoms with E-state index in [9.17, 15) is 4.39 Å². The number of hydrogen-bond acceptors (Lipinski definition) is 3. The lowest BCUT2D eigenvalue weighted by atomic mass is 10.2. The van der Waals surface area contributed by atoms with Crippen molar-refractivity contribution in [2.75, 3.05) is 6.54 Å². The molecule has 0 radical (unpaired) electrons. The molecular weight excluding hydrogens is 283 g/mol. The van der Waals surface area contributed by atoms with Crippen molar-refractivity contribution in [3.05, 3.63) is 40.1 Å². The van der Waals surface area contributed by atoms with Gasteiger partial charge in [-0.05, 0) is 24.6 Å². The third-order valence-electron chi connectivity index (χ3n) is 2.58. The molecule has 2 aromatic rings. The second kappa shape index (κ2) is 6.46. The van der Waals surface area contributed by atoms with Gasteiger partial charge in [0.25, 0.3) is 0 Å². The van der Waals surface area contributed by atoms with Crippen LogP contribution in [0.2, 0.25) is 5.02 Å². The van der Waals surface area contributed by atoms with Crippen LogP contribution in [0.1, 0.15) is 18.7 Å². The zero-order chi connectivity index (χ0) is 13.8. The Labute approximate surface area is 121 Å². The van der Waals surface area contributed by atoms with Crippen molar-refractivity contribution in [1.29, 1.82) is 0 Å². The van der Waals surface area contributed by atoms with Crippen LogP contribution in [0, 0.1) is 11.7 Å². The van der Waals surface area contributed by atoms with Crippen LogP contribution >= 0.6 is 22.9 Å². The summed E-state index contributed by atoms with van der Waals surface area (Å²) in [7, 11) is 0. The van der Waals surface area contributed by atoms with Gasteiger partial charge in [0.15, 0.2) is 0 Å². The zero-order valence-electron chi connectivity index (χ0n) is 10.9. The Morgan fingerprint density at radius 3 is 2.89 bits per heavy atom. The lowest BCUT2D eigenvalue weighted by Gasteiger charge is -2.05. The Morgan fingerprint density at radius 2 is 2.21 bits per heavy atom. The summed E-state index contributed by atoms with van der Waals surface area (Å²) in [5.41, 5.74) is 0.393. The number of benzene rings is 1. The normalized spacial score (nSPS) is 11.2. The molecule has 19 heavy (non-hydrogen) atoms. The van der Waals surface area contributed by atoms with E-state index in [0.29, 0.717) is 21.5 Å². The second-order valence-electron chi connectivity index (χ2n) is 4.75. The molecule has 0 saturated heterocycles. The average molecular weight is 299 g/mol. The van der Waals surface area contributed by atoms with Crippen molar-refractivity contribution in [1.82, 2.24) is 10.3 Å². The third-order valence-corrected chi connectivity index (χ3v) is 3.91. The molecule has 0 saturated carbocycles. The highest BCUT2D eigenvalue weighted by molar-refractivity contribution is 7.15. The summed E-state index contributed by atoms with van der Waals surface area (Å²) < 4.78 is 13.8. The molecule has 0 aliphatic rings. The summed E-state index contributed by atoms with van der Waals surface area (Å²) in [4.78, 5) is 5.34. The molecule has 2 nitrogen and oxygen atoms in total. The fourth-order valence-electron chi connectivity index (χ4n) is 1.69. The highest BCUT2D eigenvalue weighted by Gasteiger charge is 2.13. The fourth-order valence-corrected chi connectivity index (χ4v) is 2.94. The molecule has 0 amide bonds. The largest absolute Gasteiger partial charge is 0.312 e. The molecule has 0 unspecified atom stereocenters. The summed E-state index contributed by atoms with van der Waals surface area (Å²) in [6.45, 7) is 6.02. The number of aromatic nitrogens is 1. The number of rotatable bonds is 5. The Morgan fingerprint density at radius 1 is 1.42 bits per heavy atom. The first kappa shape index (κ1) is 14.4. The summed E-state index contributed by atoms with van der Waals surface area (Å²) in [5, 5.41) is 4.37. The predicted octanol–water partition coefficient (Wildman–Crippen LogP) is 4.35. The summed E-state index contributed by atoms with van der Waals surface area (Å²) >= 11 is 7.50.